The number of piperazine rings is 1. The van der Waals surface area contributed by atoms with Crippen molar-refractivity contribution in [3.8, 4) is 0 Å². The number of fused-ring (bicyclic) bond motifs is 1. The molecule has 0 aliphatic carbocycles. The zero-order valence-corrected chi connectivity index (χ0v) is 13.1. The van der Waals surface area contributed by atoms with Crippen LogP contribution in [0.1, 0.15) is 5.82 Å². The SMILES string of the molecule is Cc1nnc2c(N3CCN(CCn4nccn4)CC3)nccn12. The van der Waals surface area contributed by atoms with Crippen LogP contribution >= 0.6 is 0 Å². The highest BCUT2D eigenvalue weighted by molar-refractivity contribution is 5.63. The van der Waals surface area contributed by atoms with Gasteiger partial charge in [-0.2, -0.15) is 15.0 Å². The van der Waals surface area contributed by atoms with Crippen LogP contribution in [0.5, 0.6) is 0 Å². The molecule has 0 bridgehead atoms. The molecule has 4 heterocycles. The van der Waals surface area contributed by atoms with E-state index in [1.165, 1.54) is 0 Å². The van der Waals surface area contributed by atoms with E-state index in [-0.39, 0.29) is 0 Å². The third kappa shape index (κ3) is 2.74. The monoisotopic (exact) mass is 313 g/mol. The summed E-state index contributed by atoms with van der Waals surface area (Å²) in [5, 5.41) is 16.7. The highest BCUT2D eigenvalue weighted by Crippen LogP contribution is 2.18. The molecule has 9 nitrogen and oxygen atoms in total. The van der Waals surface area contributed by atoms with Gasteiger partial charge in [0.1, 0.15) is 5.82 Å². The summed E-state index contributed by atoms with van der Waals surface area (Å²) in [5.74, 6) is 1.80. The summed E-state index contributed by atoms with van der Waals surface area (Å²) in [6.45, 7) is 7.60. The predicted molar refractivity (Wildman–Crippen MR) is 84.2 cm³/mol. The molecule has 120 valence electrons. The Bertz CT molecular complexity index is 771. The van der Waals surface area contributed by atoms with E-state index in [2.05, 4.69) is 35.2 Å². The molecular formula is C14H19N9. The maximum absolute atomic E-state index is 4.52. The van der Waals surface area contributed by atoms with Crippen molar-refractivity contribution in [2.24, 2.45) is 0 Å². The highest BCUT2D eigenvalue weighted by Gasteiger charge is 2.21. The van der Waals surface area contributed by atoms with E-state index in [1.807, 2.05) is 23.7 Å². The largest absolute Gasteiger partial charge is 0.351 e. The van der Waals surface area contributed by atoms with E-state index >= 15 is 0 Å². The number of aryl methyl sites for hydroxylation is 1. The molecule has 0 spiro atoms. The number of hydrogen-bond acceptors (Lipinski definition) is 7. The fourth-order valence-electron chi connectivity index (χ4n) is 2.92. The van der Waals surface area contributed by atoms with Crippen LogP contribution in [-0.4, -0.2) is 72.2 Å². The lowest BCUT2D eigenvalue weighted by molar-refractivity contribution is 0.239. The summed E-state index contributed by atoms with van der Waals surface area (Å²) in [4.78, 5) is 11.0. The van der Waals surface area contributed by atoms with E-state index in [0.717, 1.165) is 56.6 Å². The Morgan fingerprint density at radius 2 is 1.74 bits per heavy atom. The van der Waals surface area contributed by atoms with Gasteiger partial charge in [0.2, 0.25) is 5.65 Å². The molecule has 1 fully saturated rings. The lowest BCUT2D eigenvalue weighted by Gasteiger charge is -2.35. The van der Waals surface area contributed by atoms with Gasteiger partial charge < -0.3 is 4.90 Å². The van der Waals surface area contributed by atoms with Crippen LogP contribution in [0.15, 0.2) is 24.8 Å². The molecule has 1 saturated heterocycles. The fourth-order valence-corrected chi connectivity index (χ4v) is 2.92. The first kappa shape index (κ1) is 14.1. The fraction of sp³-hybridized carbons (Fsp3) is 0.500. The first-order valence-electron chi connectivity index (χ1n) is 7.79. The highest BCUT2D eigenvalue weighted by atomic mass is 15.5. The Kier molecular flexibility index (Phi) is 3.62. The predicted octanol–water partition coefficient (Wildman–Crippen LogP) is -0.154. The van der Waals surface area contributed by atoms with Crippen LogP contribution in [0.3, 0.4) is 0 Å². The van der Waals surface area contributed by atoms with Gasteiger partial charge in [0, 0.05) is 45.1 Å². The van der Waals surface area contributed by atoms with Crippen LogP contribution in [0, 0.1) is 6.92 Å². The molecule has 0 aromatic carbocycles. The number of nitrogens with zero attached hydrogens (tertiary/aromatic N) is 9. The summed E-state index contributed by atoms with van der Waals surface area (Å²) in [7, 11) is 0. The molecule has 0 saturated carbocycles. The van der Waals surface area contributed by atoms with E-state index in [4.69, 9.17) is 0 Å². The van der Waals surface area contributed by atoms with Crippen molar-refractivity contribution in [1.29, 1.82) is 0 Å². The molecule has 4 rings (SSSR count). The molecule has 1 aliphatic heterocycles. The van der Waals surface area contributed by atoms with Gasteiger partial charge in [-0.05, 0) is 6.92 Å². The lowest BCUT2D eigenvalue weighted by Crippen LogP contribution is -2.47. The second-order valence-corrected chi connectivity index (χ2v) is 5.65. The average Bonchev–Trinajstić information content (AvgIpc) is 3.24. The van der Waals surface area contributed by atoms with Crippen molar-refractivity contribution < 1.29 is 0 Å². The van der Waals surface area contributed by atoms with Gasteiger partial charge in [-0.25, -0.2) is 4.98 Å². The van der Waals surface area contributed by atoms with Crippen LogP contribution in [-0.2, 0) is 6.54 Å². The van der Waals surface area contributed by atoms with Crippen molar-refractivity contribution in [2.75, 3.05) is 37.6 Å². The first-order valence-corrected chi connectivity index (χ1v) is 7.79. The lowest BCUT2D eigenvalue weighted by atomic mass is 10.3. The van der Waals surface area contributed by atoms with Crippen molar-refractivity contribution in [3.63, 3.8) is 0 Å². The minimum Gasteiger partial charge on any atom is -0.351 e. The van der Waals surface area contributed by atoms with Crippen molar-refractivity contribution in [1.82, 2.24) is 39.5 Å². The molecule has 0 radical (unpaired) electrons. The summed E-state index contributed by atoms with van der Waals surface area (Å²) >= 11 is 0. The summed E-state index contributed by atoms with van der Waals surface area (Å²) in [6, 6.07) is 0. The second-order valence-electron chi connectivity index (χ2n) is 5.65. The smallest absolute Gasteiger partial charge is 0.203 e. The van der Waals surface area contributed by atoms with Gasteiger partial charge in [-0.1, -0.05) is 0 Å². The molecule has 0 atom stereocenters. The van der Waals surface area contributed by atoms with Crippen molar-refractivity contribution in [3.05, 3.63) is 30.6 Å². The van der Waals surface area contributed by atoms with E-state index in [9.17, 15) is 0 Å². The van der Waals surface area contributed by atoms with Gasteiger partial charge >= 0.3 is 0 Å². The normalized spacial score (nSPS) is 16.3. The standard InChI is InChI=1S/C14H19N9/c1-12-18-19-14-13(15-4-5-22(12)14)21-9-6-20(7-10-21)8-11-23-16-2-3-17-23/h2-5H,6-11H2,1H3. The third-order valence-electron chi connectivity index (χ3n) is 4.23. The molecular weight excluding hydrogens is 294 g/mol. The van der Waals surface area contributed by atoms with Gasteiger partial charge in [-0.3, -0.25) is 9.30 Å². The molecule has 0 unspecified atom stereocenters. The Hall–Kier alpha value is -2.55. The maximum Gasteiger partial charge on any atom is 0.203 e. The Balaban J connectivity index is 1.40. The molecule has 1 aliphatic rings. The van der Waals surface area contributed by atoms with Gasteiger partial charge in [0.05, 0.1) is 18.9 Å². The molecule has 3 aromatic heterocycles. The molecule has 23 heavy (non-hydrogen) atoms. The quantitative estimate of drug-likeness (QED) is 0.662. The van der Waals surface area contributed by atoms with Gasteiger partial charge in [0.15, 0.2) is 5.82 Å². The van der Waals surface area contributed by atoms with Crippen LogP contribution in [0.2, 0.25) is 0 Å². The van der Waals surface area contributed by atoms with Gasteiger partial charge in [0.25, 0.3) is 0 Å². The zero-order chi connectivity index (χ0) is 15.6. The topological polar surface area (TPSA) is 80.3 Å². The molecule has 0 N–H and O–H groups in total. The average molecular weight is 313 g/mol. The molecule has 3 aromatic rings. The maximum atomic E-state index is 4.52. The first-order chi connectivity index (χ1) is 11.3. The minimum atomic E-state index is 0.824. The second kappa shape index (κ2) is 5.92. The van der Waals surface area contributed by atoms with E-state index in [0.29, 0.717) is 0 Å². The Labute approximate surface area is 133 Å². The Morgan fingerprint density at radius 1 is 0.957 bits per heavy atom. The molecule has 9 heteroatoms. The van der Waals surface area contributed by atoms with Crippen molar-refractivity contribution >= 4 is 11.5 Å². The summed E-state index contributed by atoms with van der Waals surface area (Å²) in [6.07, 6.45) is 7.14. The number of anilines is 1. The van der Waals surface area contributed by atoms with Gasteiger partial charge in [-0.15, -0.1) is 10.2 Å². The number of rotatable bonds is 4. The van der Waals surface area contributed by atoms with Crippen LogP contribution in [0.4, 0.5) is 5.82 Å². The zero-order valence-electron chi connectivity index (χ0n) is 13.1. The Morgan fingerprint density at radius 3 is 2.52 bits per heavy atom. The van der Waals surface area contributed by atoms with Crippen LogP contribution in [0.25, 0.3) is 5.65 Å². The third-order valence-corrected chi connectivity index (χ3v) is 4.23. The van der Waals surface area contributed by atoms with Crippen molar-refractivity contribution in [2.45, 2.75) is 13.5 Å². The molecule has 0 amide bonds. The number of aromatic nitrogens is 7. The minimum absolute atomic E-state index is 0.824. The van der Waals surface area contributed by atoms with Crippen LogP contribution < -0.4 is 4.90 Å². The summed E-state index contributed by atoms with van der Waals surface area (Å²) in [5.41, 5.74) is 0.833. The summed E-state index contributed by atoms with van der Waals surface area (Å²) < 4.78 is 1.98. The van der Waals surface area contributed by atoms with E-state index < -0.39 is 0 Å². The van der Waals surface area contributed by atoms with E-state index in [1.54, 1.807) is 17.2 Å². The number of hydrogen-bond donors (Lipinski definition) is 0.